The van der Waals surface area contributed by atoms with Crippen LogP contribution in [0, 0.1) is 19.8 Å². The van der Waals surface area contributed by atoms with E-state index in [2.05, 4.69) is 11.8 Å². The van der Waals surface area contributed by atoms with Crippen molar-refractivity contribution >= 4 is 15.9 Å². The Morgan fingerprint density at radius 3 is 2.35 bits per heavy atom. The van der Waals surface area contributed by atoms with Crippen molar-refractivity contribution < 1.29 is 17.9 Å². The topological polar surface area (TPSA) is 70.2 Å². The highest BCUT2D eigenvalue weighted by atomic mass is 32.2. The zero-order valence-electron chi connectivity index (χ0n) is 21.3. The van der Waals surface area contributed by atoms with Crippen LogP contribution in [-0.4, -0.2) is 87.5 Å². The number of nitrogens with zero attached hydrogens (tertiary/aromatic N) is 3. The van der Waals surface area contributed by atoms with Crippen LogP contribution in [-0.2, 0) is 19.6 Å². The lowest BCUT2D eigenvalue weighted by Gasteiger charge is -2.35. The molecule has 0 atom stereocenters. The molecule has 1 amide bonds. The van der Waals surface area contributed by atoms with E-state index in [1.807, 2.05) is 24.8 Å². The van der Waals surface area contributed by atoms with Crippen LogP contribution in [0.4, 0.5) is 0 Å². The molecule has 0 N–H and O–H groups in total. The third kappa shape index (κ3) is 7.26. The normalized spacial score (nSPS) is 18.8. The van der Waals surface area contributed by atoms with Crippen LogP contribution in [0.5, 0.6) is 0 Å². The van der Waals surface area contributed by atoms with Crippen LogP contribution >= 0.6 is 0 Å². The van der Waals surface area contributed by atoms with Gasteiger partial charge in [-0.25, -0.2) is 8.42 Å². The van der Waals surface area contributed by atoms with Gasteiger partial charge in [-0.3, -0.25) is 9.69 Å². The van der Waals surface area contributed by atoms with E-state index in [0.29, 0.717) is 30.8 Å². The van der Waals surface area contributed by atoms with Crippen molar-refractivity contribution in [2.75, 3.05) is 59.0 Å². The minimum absolute atomic E-state index is 0.0953. The van der Waals surface area contributed by atoms with Crippen LogP contribution < -0.4 is 0 Å². The summed E-state index contributed by atoms with van der Waals surface area (Å²) in [5.74, 6) is 0.107. The standard InChI is InChI=1S/C26H43N3O4S/c1-4-5-6-7-12-28(16-15-27-17-19-33-20-18-27)26(30)24-10-13-29(14-11-24)34(31,32)25-9-8-22(2)23(3)21-25/h8-9,21,24H,4-7,10-20H2,1-3H3. The van der Waals surface area contributed by atoms with Gasteiger partial charge in [0.2, 0.25) is 15.9 Å². The molecular weight excluding hydrogens is 450 g/mol. The summed E-state index contributed by atoms with van der Waals surface area (Å²) in [6, 6.07) is 5.31. The molecule has 0 aliphatic carbocycles. The SMILES string of the molecule is CCCCCCN(CCN1CCOCC1)C(=O)C1CCN(S(=O)(=O)c2ccc(C)c(C)c2)CC1. The summed E-state index contributed by atoms with van der Waals surface area (Å²) >= 11 is 0. The maximum Gasteiger partial charge on any atom is 0.243 e. The second-order valence-corrected chi connectivity index (χ2v) is 11.7. The molecule has 0 spiro atoms. The van der Waals surface area contributed by atoms with Crippen LogP contribution in [0.2, 0.25) is 0 Å². The lowest BCUT2D eigenvalue weighted by Crippen LogP contribution is -2.47. The number of carbonyl (C=O) groups is 1. The molecule has 2 aliphatic heterocycles. The molecule has 0 radical (unpaired) electrons. The van der Waals surface area contributed by atoms with E-state index >= 15 is 0 Å². The Hall–Kier alpha value is -1.48. The molecular formula is C26H43N3O4S. The minimum Gasteiger partial charge on any atom is -0.379 e. The molecule has 2 fully saturated rings. The fourth-order valence-electron chi connectivity index (χ4n) is 4.77. The molecule has 0 bridgehead atoms. The van der Waals surface area contributed by atoms with Crippen LogP contribution in [0.15, 0.2) is 23.1 Å². The molecule has 3 rings (SSSR count). The van der Waals surface area contributed by atoms with Gasteiger partial charge in [0.05, 0.1) is 18.1 Å². The van der Waals surface area contributed by atoms with Gasteiger partial charge >= 0.3 is 0 Å². The maximum absolute atomic E-state index is 13.5. The zero-order valence-corrected chi connectivity index (χ0v) is 22.1. The van der Waals surface area contributed by atoms with Crippen molar-refractivity contribution in [3.63, 3.8) is 0 Å². The van der Waals surface area contributed by atoms with Gasteiger partial charge in [-0.15, -0.1) is 0 Å². The number of hydrogen-bond donors (Lipinski definition) is 0. The summed E-state index contributed by atoms with van der Waals surface area (Å²) in [4.78, 5) is 18.2. The Morgan fingerprint density at radius 2 is 1.71 bits per heavy atom. The maximum atomic E-state index is 13.5. The van der Waals surface area contributed by atoms with Crippen molar-refractivity contribution in [1.82, 2.24) is 14.1 Å². The number of aryl methyl sites for hydroxylation is 2. The van der Waals surface area contributed by atoms with Crippen LogP contribution in [0.25, 0.3) is 0 Å². The Kier molecular flexibility index (Phi) is 10.4. The van der Waals surface area contributed by atoms with Crippen molar-refractivity contribution in [2.24, 2.45) is 5.92 Å². The molecule has 0 saturated carbocycles. The monoisotopic (exact) mass is 493 g/mol. The van der Waals surface area contributed by atoms with E-state index in [1.165, 1.54) is 12.8 Å². The highest BCUT2D eigenvalue weighted by Gasteiger charge is 2.34. The van der Waals surface area contributed by atoms with E-state index in [9.17, 15) is 13.2 Å². The second kappa shape index (κ2) is 13.0. The number of sulfonamides is 1. The fraction of sp³-hybridized carbons (Fsp3) is 0.731. The summed E-state index contributed by atoms with van der Waals surface area (Å²) in [7, 11) is -3.53. The summed E-state index contributed by atoms with van der Waals surface area (Å²) in [6.07, 6.45) is 5.72. The molecule has 8 heteroatoms. The van der Waals surface area contributed by atoms with Gasteiger partial charge in [0.15, 0.2) is 0 Å². The summed E-state index contributed by atoms with van der Waals surface area (Å²) in [6.45, 7) is 12.7. The molecule has 34 heavy (non-hydrogen) atoms. The third-order valence-corrected chi connectivity index (χ3v) is 9.20. The van der Waals surface area contributed by atoms with Crippen LogP contribution in [0.1, 0.15) is 56.6 Å². The Labute approximate surface area is 206 Å². The van der Waals surface area contributed by atoms with E-state index in [0.717, 1.165) is 69.9 Å². The number of amides is 1. The highest BCUT2D eigenvalue weighted by molar-refractivity contribution is 7.89. The molecule has 7 nitrogen and oxygen atoms in total. The number of benzene rings is 1. The third-order valence-electron chi connectivity index (χ3n) is 7.30. The molecule has 0 unspecified atom stereocenters. The van der Waals surface area contributed by atoms with Crippen LogP contribution in [0.3, 0.4) is 0 Å². The van der Waals surface area contributed by atoms with Gasteiger partial charge in [-0.2, -0.15) is 4.31 Å². The number of ether oxygens (including phenoxy) is 1. The predicted molar refractivity (Wildman–Crippen MR) is 135 cm³/mol. The fourth-order valence-corrected chi connectivity index (χ4v) is 6.33. The van der Waals surface area contributed by atoms with Gasteiger partial charge < -0.3 is 9.64 Å². The van der Waals surface area contributed by atoms with Crippen molar-refractivity contribution in [3.8, 4) is 0 Å². The van der Waals surface area contributed by atoms with Crippen molar-refractivity contribution in [3.05, 3.63) is 29.3 Å². The second-order valence-electron chi connectivity index (χ2n) is 9.76. The van der Waals surface area contributed by atoms with Gasteiger partial charge in [-0.05, 0) is 56.4 Å². The molecule has 192 valence electrons. The largest absolute Gasteiger partial charge is 0.379 e. The molecule has 2 heterocycles. The van der Waals surface area contributed by atoms with E-state index in [-0.39, 0.29) is 11.8 Å². The smallest absolute Gasteiger partial charge is 0.243 e. The number of hydrogen-bond acceptors (Lipinski definition) is 5. The lowest BCUT2D eigenvalue weighted by atomic mass is 9.96. The molecule has 1 aromatic rings. The van der Waals surface area contributed by atoms with Gasteiger partial charge in [0, 0.05) is 51.7 Å². The highest BCUT2D eigenvalue weighted by Crippen LogP contribution is 2.26. The zero-order chi connectivity index (χ0) is 24.6. The number of carbonyl (C=O) groups excluding carboxylic acids is 1. The molecule has 2 saturated heterocycles. The average molecular weight is 494 g/mol. The van der Waals surface area contributed by atoms with E-state index in [1.54, 1.807) is 16.4 Å². The van der Waals surface area contributed by atoms with Gasteiger partial charge in [-0.1, -0.05) is 32.3 Å². The Bertz CT molecular complexity index is 891. The summed E-state index contributed by atoms with van der Waals surface area (Å²) in [5, 5.41) is 0. The number of piperidine rings is 1. The van der Waals surface area contributed by atoms with Crippen molar-refractivity contribution in [2.45, 2.75) is 64.2 Å². The first-order valence-electron chi connectivity index (χ1n) is 13.0. The lowest BCUT2D eigenvalue weighted by molar-refractivity contribution is -0.137. The van der Waals surface area contributed by atoms with Crippen molar-refractivity contribution in [1.29, 1.82) is 0 Å². The molecule has 0 aromatic heterocycles. The molecule has 2 aliphatic rings. The van der Waals surface area contributed by atoms with E-state index in [4.69, 9.17) is 4.74 Å². The van der Waals surface area contributed by atoms with Gasteiger partial charge in [0.1, 0.15) is 0 Å². The summed E-state index contributed by atoms with van der Waals surface area (Å²) < 4.78 is 33.3. The Balaban J connectivity index is 1.58. The number of rotatable bonds is 11. The number of unbranched alkanes of at least 4 members (excludes halogenated alkanes) is 3. The van der Waals surface area contributed by atoms with Gasteiger partial charge in [0.25, 0.3) is 0 Å². The van der Waals surface area contributed by atoms with E-state index < -0.39 is 10.0 Å². The quantitative estimate of drug-likeness (QED) is 0.442. The molecule has 1 aromatic carbocycles. The number of morpholine rings is 1. The summed E-state index contributed by atoms with van der Waals surface area (Å²) in [5.41, 5.74) is 2.06. The first kappa shape index (κ1) is 27.1. The predicted octanol–water partition coefficient (Wildman–Crippen LogP) is 3.45. The average Bonchev–Trinajstić information content (AvgIpc) is 2.85. The minimum atomic E-state index is -3.53. The first-order chi connectivity index (χ1) is 16.3. The first-order valence-corrected chi connectivity index (χ1v) is 14.4. The Morgan fingerprint density at radius 1 is 1.00 bits per heavy atom.